The molecule has 0 aromatic carbocycles. The minimum absolute atomic E-state index is 0.0919. The minimum Gasteiger partial charge on any atom is -0.469 e. The standard InChI is InChI=1S/C11H19NO5/c1-11(2,3)17-10(15)12-5-7(8(13)6-12)9(14)16-4/h7-8,13H,5-6H2,1-4H3/t7-,8+/m0/s1. The van der Waals surface area contributed by atoms with Crippen LogP contribution in [0, 0.1) is 5.92 Å². The molecule has 0 unspecified atom stereocenters. The maximum absolute atomic E-state index is 11.7. The first-order valence-corrected chi connectivity index (χ1v) is 5.48. The van der Waals surface area contributed by atoms with Crippen molar-refractivity contribution in [2.24, 2.45) is 5.92 Å². The molecule has 1 aliphatic heterocycles. The number of rotatable bonds is 1. The molecule has 1 aliphatic rings. The SMILES string of the molecule is COC(=O)[C@H]1CN(C(=O)OC(C)(C)C)C[C@H]1O. The Labute approximate surface area is 100 Å². The van der Waals surface area contributed by atoms with Gasteiger partial charge in [0, 0.05) is 6.54 Å². The van der Waals surface area contributed by atoms with Gasteiger partial charge < -0.3 is 19.5 Å². The number of aliphatic hydroxyl groups excluding tert-OH is 1. The van der Waals surface area contributed by atoms with Crippen LogP contribution in [0.3, 0.4) is 0 Å². The van der Waals surface area contributed by atoms with Gasteiger partial charge in [0.1, 0.15) is 11.5 Å². The number of methoxy groups -OCH3 is 1. The van der Waals surface area contributed by atoms with E-state index in [1.807, 2.05) is 0 Å². The number of hydrogen-bond acceptors (Lipinski definition) is 5. The van der Waals surface area contributed by atoms with E-state index in [-0.39, 0.29) is 13.1 Å². The van der Waals surface area contributed by atoms with Crippen LogP contribution in [0.5, 0.6) is 0 Å². The summed E-state index contributed by atoms with van der Waals surface area (Å²) in [7, 11) is 1.26. The first kappa shape index (κ1) is 13.8. The quantitative estimate of drug-likeness (QED) is 0.676. The summed E-state index contributed by atoms with van der Waals surface area (Å²) in [6.07, 6.45) is -1.42. The molecule has 0 radical (unpaired) electrons. The van der Waals surface area contributed by atoms with E-state index in [2.05, 4.69) is 4.74 Å². The van der Waals surface area contributed by atoms with Gasteiger partial charge >= 0.3 is 12.1 Å². The van der Waals surface area contributed by atoms with Gasteiger partial charge in [0.15, 0.2) is 0 Å². The maximum atomic E-state index is 11.7. The molecule has 98 valence electrons. The summed E-state index contributed by atoms with van der Waals surface area (Å²) < 4.78 is 9.71. The lowest BCUT2D eigenvalue weighted by atomic mass is 10.1. The van der Waals surface area contributed by atoms with Crippen molar-refractivity contribution in [3.05, 3.63) is 0 Å². The molecule has 2 atom stereocenters. The first-order chi connectivity index (χ1) is 7.74. The van der Waals surface area contributed by atoms with Gasteiger partial charge in [0.2, 0.25) is 0 Å². The molecular weight excluding hydrogens is 226 g/mol. The summed E-state index contributed by atoms with van der Waals surface area (Å²) in [6, 6.07) is 0. The average molecular weight is 245 g/mol. The monoisotopic (exact) mass is 245 g/mol. The number of amides is 1. The van der Waals surface area contributed by atoms with Gasteiger partial charge in [-0.3, -0.25) is 4.79 Å². The molecule has 0 saturated carbocycles. The van der Waals surface area contributed by atoms with Crippen LogP contribution >= 0.6 is 0 Å². The van der Waals surface area contributed by atoms with Gasteiger partial charge in [-0.25, -0.2) is 4.79 Å². The lowest BCUT2D eigenvalue weighted by Gasteiger charge is -2.24. The van der Waals surface area contributed by atoms with Gasteiger partial charge in [-0.05, 0) is 20.8 Å². The van der Waals surface area contributed by atoms with Crippen LogP contribution in [-0.2, 0) is 14.3 Å². The Morgan fingerprint density at radius 3 is 2.35 bits per heavy atom. The number of aliphatic hydroxyl groups is 1. The van der Waals surface area contributed by atoms with Gasteiger partial charge in [0.05, 0.1) is 19.8 Å². The summed E-state index contributed by atoms with van der Waals surface area (Å²) in [4.78, 5) is 24.3. The van der Waals surface area contributed by atoms with Crippen LogP contribution in [-0.4, -0.2) is 54.0 Å². The van der Waals surface area contributed by atoms with E-state index in [1.54, 1.807) is 20.8 Å². The Morgan fingerprint density at radius 2 is 1.88 bits per heavy atom. The summed E-state index contributed by atoms with van der Waals surface area (Å²) in [6.45, 7) is 5.50. The Hall–Kier alpha value is -1.30. The van der Waals surface area contributed by atoms with E-state index in [9.17, 15) is 14.7 Å². The van der Waals surface area contributed by atoms with Crippen molar-refractivity contribution < 1.29 is 24.2 Å². The van der Waals surface area contributed by atoms with Gasteiger partial charge in [0.25, 0.3) is 0 Å². The maximum Gasteiger partial charge on any atom is 0.410 e. The number of carbonyl (C=O) groups is 2. The summed E-state index contributed by atoms with van der Waals surface area (Å²) >= 11 is 0. The number of carbonyl (C=O) groups excluding carboxylic acids is 2. The summed E-state index contributed by atoms with van der Waals surface area (Å²) in [5.41, 5.74) is -0.592. The predicted molar refractivity (Wildman–Crippen MR) is 59.3 cm³/mol. The van der Waals surface area contributed by atoms with E-state index >= 15 is 0 Å². The van der Waals surface area contributed by atoms with Crippen molar-refractivity contribution >= 4 is 12.1 Å². The zero-order valence-electron chi connectivity index (χ0n) is 10.6. The third kappa shape index (κ3) is 3.59. The first-order valence-electron chi connectivity index (χ1n) is 5.48. The van der Waals surface area contributed by atoms with E-state index in [0.29, 0.717) is 0 Å². The fourth-order valence-electron chi connectivity index (χ4n) is 1.65. The van der Waals surface area contributed by atoms with E-state index in [0.717, 1.165) is 0 Å². The van der Waals surface area contributed by atoms with Crippen molar-refractivity contribution in [3.63, 3.8) is 0 Å². The Bertz CT molecular complexity index is 309. The highest BCUT2D eigenvalue weighted by atomic mass is 16.6. The fourth-order valence-corrected chi connectivity index (χ4v) is 1.65. The molecule has 0 spiro atoms. The number of likely N-dealkylation sites (tertiary alicyclic amines) is 1. The zero-order valence-corrected chi connectivity index (χ0v) is 10.6. The van der Waals surface area contributed by atoms with Crippen LogP contribution in [0.25, 0.3) is 0 Å². The fraction of sp³-hybridized carbons (Fsp3) is 0.818. The number of nitrogens with zero attached hydrogens (tertiary/aromatic N) is 1. The summed E-state index contributed by atoms with van der Waals surface area (Å²) in [5, 5.41) is 9.66. The highest BCUT2D eigenvalue weighted by Gasteiger charge is 2.40. The van der Waals surface area contributed by atoms with Crippen molar-refractivity contribution in [1.82, 2.24) is 4.90 Å². The number of hydrogen-bond donors (Lipinski definition) is 1. The van der Waals surface area contributed by atoms with Crippen LogP contribution in [0.2, 0.25) is 0 Å². The molecule has 6 heteroatoms. The molecular formula is C11H19NO5. The Morgan fingerprint density at radius 1 is 1.29 bits per heavy atom. The smallest absolute Gasteiger partial charge is 0.410 e. The number of ether oxygens (including phenoxy) is 2. The van der Waals surface area contributed by atoms with E-state index in [1.165, 1.54) is 12.0 Å². The molecule has 6 nitrogen and oxygen atoms in total. The van der Waals surface area contributed by atoms with Crippen LogP contribution in [0.4, 0.5) is 4.79 Å². The van der Waals surface area contributed by atoms with Crippen molar-refractivity contribution in [2.75, 3.05) is 20.2 Å². The van der Waals surface area contributed by atoms with E-state index < -0.39 is 29.7 Å². The van der Waals surface area contributed by atoms with Crippen molar-refractivity contribution in [1.29, 1.82) is 0 Å². The molecule has 1 amide bonds. The third-order valence-electron chi connectivity index (χ3n) is 2.44. The largest absolute Gasteiger partial charge is 0.469 e. The van der Waals surface area contributed by atoms with Crippen molar-refractivity contribution in [3.8, 4) is 0 Å². The molecule has 1 N–H and O–H groups in total. The highest BCUT2D eigenvalue weighted by molar-refractivity contribution is 5.76. The van der Waals surface area contributed by atoms with Crippen LogP contribution < -0.4 is 0 Å². The lowest BCUT2D eigenvalue weighted by Crippen LogP contribution is -2.36. The second kappa shape index (κ2) is 4.91. The molecule has 0 aliphatic carbocycles. The van der Waals surface area contributed by atoms with Crippen molar-refractivity contribution in [2.45, 2.75) is 32.5 Å². The molecule has 17 heavy (non-hydrogen) atoms. The van der Waals surface area contributed by atoms with Gasteiger partial charge in [-0.15, -0.1) is 0 Å². The third-order valence-corrected chi connectivity index (χ3v) is 2.44. The van der Waals surface area contributed by atoms with Crippen LogP contribution in [0.15, 0.2) is 0 Å². The average Bonchev–Trinajstić information content (AvgIpc) is 2.57. The molecule has 0 aromatic rings. The number of esters is 1. The number of β-amino-alcohol motifs (C(OH)–C–C–N with tert-alkyl or cyclic N) is 1. The molecule has 0 aromatic heterocycles. The van der Waals surface area contributed by atoms with Gasteiger partial charge in [-0.2, -0.15) is 0 Å². The molecule has 1 rings (SSSR count). The molecule has 1 heterocycles. The van der Waals surface area contributed by atoms with E-state index in [4.69, 9.17) is 4.74 Å². The van der Waals surface area contributed by atoms with Gasteiger partial charge in [-0.1, -0.05) is 0 Å². The lowest BCUT2D eigenvalue weighted by molar-refractivity contribution is -0.147. The predicted octanol–water partition coefficient (Wildman–Crippen LogP) is 0.387. The minimum atomic E-state index is -0.894. The zero-order chi connectivity index (χ0) is 13.2. The second-order valence-corrected chi connectivity index (χ2v) is 5.08. The Balaban J connectivity index is 2.60. The molecule has 1 saturated heterocycles. The Kier molecular flexibility index (Phi) is 3.98. The molecule has 1 fully saturated rings. The summed E-state index contributed by atoms with van der Waals surface area (Å²) in [5.74, 6) is -1.20. The second-order valence-electron chi connectivity index (χ2n) is 5.08. The topological polar surface area (TPSA) is 76.1 Å². The normalized spacial score (nSPS) is 24.6. The van der Waals surface area contributed by atoms with Crippen LogP contribution in [0.1, 0.15) is 20.8 Å². The highest BCUT2D eigenvalue weighted by Crippen LogP contribution is 2.20. The molecule has 0 bridgehead atoms.